The number of fused-ring (bicyclic) bond motifs is 1. The molecule has 7 heteroatoms. The van der Waals surface area contributed by atoms with E-state index in [-0.39, 0.29) is 5.91 Å². The van der Waals surface area contributed by atoms with Gasteiger partial charge in [-0.3, -0.25) is 9.69 Å². The van der Waals surface area contributed by atoms with Crippen molar-refractivity contribution in [2.24, 2.45) is 0 Å². The molecular formula is C14H19N5OS. The highest BCUT2D eigenvalue weighted by Crippen LogP contribution is 2.39. The van der Waals surface area contributed by atoms with Crippen LogP contribution in [-0.2, 0) is 0 Å². The van der Waals surface area contributed by atoms with Gasteiger partial charge >= 0.3 is 0 Å². The molecule has 1 amide bonds. The molecule has 6 nitrogen and oxygen atoms in total. The first kappa shape index (κ1) is 14.2. The lowest BCUT2D eigenvalue weighted by atomic mass is 10.1. The maximum Gasteiger partial charge on any atom is 0.256 e. The van der Waals surface area contributed by atoms with E-state index in [0.29, 0.717) is 22.2 Å². The molecule has 2 aliphatic heterocycles. The standard InChI is InChI=1S/C14H19N5OS/c1-17-13(20)11-12(16)10(7-15)21-14(11)19-6-5-18-4-2-3-9(18)8-19/h9H,2-6,8,16H2,1H3,(H,17,20). The normalized spacial score (nSPS) is 21.9. The quantitative estimate of drug-likeness (QED) is 0.846. The summed E-state index contributed by atoms with van der Waals surface area (Å²) < 4.78 is 0. The van der Waals surface area contributed by atoms with Crippen LogP contribution < -0.4 is 16.0 Å². The fourth-order valence-corrected chi connectivity index (χ4v) is 4.31. The Bertz CT molecular complexity index is 605. The molecule has 1 aromatic rings. The number of carbonyl (C=O) groups is 1. The summed E-state index contributed by atoms with van der Waals surface area (Å²) in [6, 6.07) is 2.66. The number of thiophene rings is 1. The van der Waals surface area contributed by atoms with Crippen molar-refractivity contribution in [3.05, 3.63) is 10.4 Å². The van der Waals surface area contributed by atoms with Crippen LogP contribution in [0, 0.1) is 11.3 Å². The SMILES string of the molecule is CNC(=O)c1c(N2CCN3CCCC3C2)sc(C#N)c1N. The number of nitrogens with zero attached hydrogens (tertiary/aromatic N) is 3. The molecule has 2 aliphatic rings. The maximum absolute atomic E-state index is 12.1. The summed E-state index contributed by atoms with van der Waals surface area (Å²) in [5.74, 6) is -0.214. The van der Waals surface area contributed by atoms with Crippen molar-refractivity contribution in [2.75, 3.05) is 43.9 Å². The molecule has 3 heterocycles. The molecule has 0 aromatic carbocycles. The van der Waals surface area contributed by atoms with Gasteiger partial charge in [0.25, 0.3) is 5.91 Å². The van der Waals surface area contributed by atoms with Gasteiger partial charge in [-0.15, -0.1) is 11.3 Å². The number of amides is 1. The second-order valence-electron chi connectivity index (χ2n) is 5.49. The number of nitrogens with one attached hydrogen (secondary N) is 1. The molecule has 112 valence electrons. The minimum Gasteiger partial charge on any atom is -0.396 e. The average Bonchev–Trinajstić information content (AvgIpc) is 3.09. The Balaban J connectivity index is 1.94. The van der Waals surface area contributed by atoms with E-state index in [1.807, 2.05) is 0 Å². The zero-order chi connectivity index (χ0) is 15.0. The van der Waals surface area contributed by atoms with Gasteiger partial charge < -0.3 is 16.0 Å². The zero-order valence-corrected chi connectivity index (χ0v) is 12.9. The number of nitrogens with two attached hydrogens (primary N) is 1. The van der Waals surface area contributed by atoms with Crippen LogP contribution in [0.5, 0.6) is 0 Å². The van der Waals surface area contributed by atoms with E-state index in [2.05, 4.69) is 21.2 Å². The van der Waals surface area contributed by atoms with Gasteiger partial charge in [-0.05, 0) is 19.4 Å². The Morgan fingerprint density at radius 3 is 3.00 bits per heavy atom. The van der Waals surface area contributed by atoms with E-state index in [1.54, 1.807) is 7.05 Å². The van der Waals surface area contributed by atoms with Crippen molar-refractivity contribution in [2.45, 2.75) is 18.9 Å². The largest absolute Gasteiger partial charge is 0.396 e. The third-order valence-corrected chi connectivity index (χ3v) is 5.53. The summed E-state index contributed by atoms with van der Waals surface area (Å²) in [6.07, 6.45) is 2.45. The summed E-state index contributed by atoms with van der Waals surface area (Å²) in [7, 11) is 1.59. The van der Waals surface area contributed by atoms with E-state index in [0.717, 1.165) is 24.6 Å². The predicted molar refractivity (Wildman–Crippen MR) is 83.6 cm³/mol. The van der Waals surface area contributed by atoms with Gasteiger partial charge in [0.15, 0.2) is 0 Å². The highest BCUT2D eigenvalue weighted by Gasteiger charge is 2.33. The van der Waals surface area contributed by atoms with Crippen LogP contribution >= 0.6 is 11.3 Å². The Morgan fingerprint density at radius 2 is 2.29 bits per heavy atom. The Labute approximate surface area is 128 Å². The van der Waals surface area contributed by atoms with E-state index in [9.17, 15) is 10.1 Å². The molecule has 0 saturated carbocycles. The molecule has 3 rings (SSSR count). The van der Waals surface area contributed by atoms with Gasteiger partial charge in [0.2, 0.25) is 0 Å². The number of rotatable bonds is 2. The lowest BCUT2D eigenvalue weighted by molar-refractivity contribution is 0.0964. The van der Waals surface area contributed by atoms with E-state index in [1.165, 1.54) is 30.7 Å². The number of nitriles is 1. The van der Waals surface area contributed by atoms with Crippen molar-refractivity contribution in [1.29, 1.82) is 5.26 Å². The Hall–Kier alpha value is -1.78. The number of hydrogen-bond donors (Lipinski definition) is 2. The molecule has 1 unspecified atom stereocenters. The van der Waals surface area contributed by atoms with Gasteiger partial charge in [0, 0.05) is 32.7 Å². The van der Waals surface area contributed by atoms with E-state index < -0.39 is 0 Å². The number of anilines is 2. The Morgan fingerprint density at radius 1 is 1.48 bits per heavy atom. The molecule has 3 N–H and O–H groups in total. The molecule has 0 aliphatic carbocycles. The number of piperazine rings is 1. The molecular weight excluding hydrogens is 286 g/mol. The first-order valence-corrected chi connectivity index (χ1v) is 8.00. The van der Waals surface area contributed by atoms with Crippen LogP contribution in [0.3, 0.4) is 0 Å². The van der Waals surface area contributed by atoms with Crippen LogP contribution in [0.2, 0.25) is 0 Å². The second kappa shape index (κ2) is 5.54. The van der Waals surface area contributed by atoms with Gasteiger partial charge in [-0.25, -0.2) is 0 Å². The van der Waals surface area contributed by atoms with Gasteiger partial charge in [0.1, 0.15) is 15.9 Å². The zero-order valence-electron chi connectivity index (χ0n) is 12.1. The first-order chi connectivity index (χ1) is 10.2. The molecule has 21 heavy (non-hydrogen) atoms. The van der Waals surface area contributed by atoms with Crippen LogP contribution in [0.15, 0.2) is 0 Å². The average molecular weight is 305 g/mol. The lowest BCUT2D eigenvalue weighted by Gasteiger charge is -2.38. The fraction of sp³-hybridized carbons (Fsp3) is 0.571. The molecule has 1 aromatic heterocycles. The highest BCUT2D eigenvalue weighted by molar-refractivity contribution is 7.17. The Kier molecular flexibility index (Phi) is 3.74. The van der Waals surface area contributed by atoms with Crippen molar-refractivity contribution < 1.29 is 4.79 Å². The van der Waals surface area contributed by atoms with Crippen molar-refractivity contribution >= 4 is 27.9 Å². The summed E-state index contributed by atoms with van der Waals surface area (Å²) >= 11 is 1.33. The summed E-state index contributed by atoms with van der Waals surface area (Å²) in [6.45, 7) is 3.98. The number of nitrogen functional groups attached to an aromatic ring is 1. The number of carbonyl (C=O) groups excluding carboxylic acids is 1. The van der Waals surface area contributed by atoms with Crippen LogP contribution in [0.4, 0.5) is 10.7 Å². The fourth-order valence-electron chi connectivity index (χ4n) is 3.26. The van der Waals surface area contributed by atoms with Crippen molar-refractivity contribution in [3.63, 3.8) is 0 Å². The van der Waals surface area contributed by atoms with E-state index in [4.69, 9.17) is 5.73 Å². The van der Waals surface area contributed by atoms with Crippen molar-refractivity contribution in [1.82, 2.24) is 10.2 Å². The molecule has 0 bridgehead atoms. The van der Waals surface area contributed by atoms with Crippen molar-refractivity contribution in [3.8, 4) is 6.07 Å². The third-order valence-electron chi connectivity index (χ3n) is 4.36. The van der Waals surface area contributed by atoms with Gasteiger partial charge in [-0.2, -0.15) is 5.26 Å². The topological polar surface area (TPSA) is 85.4 Å². The van der Waals surface area contributed by atoms with Gasteiger partial charge in [0.05, 0.1) is 11.3 Å². The predicted octanol–water partition coefficient (Wildman–Crippen LogP) is 0.846. The second-order valence-corrected chi connectivity index (χ2v) is 6.49. The molecule has 0 spiro atoms. The summed E-state index contributed by atoms with van der Waals surface area (Å²) in [5.41, 5.74) is 6.77. The van der Waals surface area contributed by atoms with Crippen LogP contribution in [0.25, 0.3) is 0 Å². The maximum atomic E-state index is 12.1. The molecule has 0 radical (unpaired) electrons. The first-order valence-electron chi connectivity index (χ1n) is 7.19. The minimum atomic E-state index is -0.214. The van der Waals surface area contributed by atoms with Crippen LogP contribution in [0.1, 0.15) is 28.1 Å². The lowest BCUT2D eigenvalue weighted by Crippen LogP contribution is -2.50. The minimum absolute atomic E-state index is 0.214. The summed E-state index contributed by atoms with van der Waals surface area (Å²) in [5, 5.41) is 12.7. The number of hydrogen-bond acceptors (Lipinski definition) is 6. The van der Waals surface area contributed by atoms with Gasteiger partial charge in [-0.1, -0.05) is 0 Å². The molecule has 2 saturated heterocycles. The third kappa shape index (κ3) is 2.34. The molecule has 1 atom stereocenters. The van der Waals surface area contributed by atoms with E-state index >= 15 is 0 Å². The molecule has 2 fully saturated rings. The highest BCUT2D eigenvalue weighted by atomic mass is 32.1. The summed E-state index contributed by atoms with van der Waals surface area (Å²) in [4.78, 5) is 17.3. The van der Waals surface area contributed by atoms with Crippen LogP contribution in [-0.4, -0.2) is 50.1 Å². The smallest absolute Gasteiger partial charge is 0.256 e. The monoisotopic (exact) mass is 305 g/mol.